The first-order valence-electron chi connectivity index (χ1n) is 6.98. The van der Waals surface area contributed by atoms with Crippen LogP contribution in [0.3, 0.4) is 0 Å². The number of esters is 1. The van der Waals surface area contributed by atoms with E-state index in [1.54, 1.807) is 0 Å². The maximum absolute atomic E-state index is 12.5. The molecule has 23 heavy (non-hydrogen) atoms. The van der Waals surface area contributed by atoms with Crippen molar-refractivity contribution in [2.24, 2.45) is 0 Å². The third-order valence-corrected chi connectivity index (χ3v) is 6.18. The Morgan fingerprint density at radius 2 is 2.13 bits per heavy atom. The monoisotopic (exact) mass is 426 g/mol. The zero-order chi connectivity index (χ0) is 16.3. The zero-order valence-electron chi connectivity index (χ0n) is 12.8. The molecular formula is C14H20BrClN2O4S. The van der Waals surface area contributed by atoms with Crippen LogP contribution in [-0.4, -0.2) is 40.1 Å². The number of piperidine rings is 1. The van der Waals surface area contributed by atoms with Crippen molar-refractivity contribution in [3.63, 3.8) is 0 Å². The number of rotatable bonds is 4. The van der Waals surface area contributed by atoms with Crippen molar-refractivity contribution in [1.82, 2.24) is 10.0 Å². The molecule has 0 saturated carbocycles. The predicted octanol–water partition coefficient (Wildman–Crippen LogP) is 2.08. The van der Waals surface area contributed by atoms with E-state index in [-0.39, 0.29) is 29.4 Å². The molecule has 1 aromatic rings. The molecule has 0 aromatic heterocycles. The lowest BCUT2D eigenvalue weighted by molar-refractivity contribution is 0.0600. The van der Waals surface area contributed by atoms with Crippen LogP contribution in [-0.2, 0) is 14.8 Å². The third-order valence-electron chi connectivity index (χ3n) is 3.71. The first-order chi connectivity index (χ1) is 10.3. The van der Waals surface area contributed by atoms with Crippen LogP contribution in [0, 0.1) is 0 Å². The summed E-state index contributed by atoms with van der Waals surface area (Å²) in [5.74, 6) is -0.511. The standard InChI is InChI=1S/C14H19BrN2O4S.ClH/c1-9-12(4-3-7-16-9)17-22(19,20)13-6-5-10(8-11(13)15)14(18)21-2;/h5-6,8-9,12,16-17H,3-4,7H2,1-2H3;1H. The number of hydrogen-bond donors (Lipinski definition) is 2. The van der Waals surface area contributed by atoms with Crippen LogP contribution in [0.1, 0.15) is 30.1 Å². The van der Waals surface area contributed by atoms with E-state index in [4.69, 9.17) is 0 Å². The van der Waals surface area contributed by atoms with E-state index >= 15 is 0 Å². The van der Waals surface area contributed by atoms with Gasteiger partial charge in [-0.3, -0.25) is 0 Å². The smallest absolute Gasteiger partial charge is 0.337 e. The SMILES string of the molecule is COC(=O)c1ccc(S(=O)(=O)NC2CCCNC2C)c(Br)c1.Cl. The van der Waals surface area contributed by atoms with Crippen molar-refractivity contribution in [3.8, 4) is 0 Å². The van der Waals surface area contributed by atoms with Gasteiger partial charge in [-0.25, -0.2) is 17.9 Å². The molecule has 0 bridgehead atoms. The first-order valence-corrected chi connectivity index (χ1v) is 9.26. The Bertz CT molecular complexity index is 669. The minimum absolute atomic E-state index is 0. The Morgan fingerprint density at radius 3 is 2.70 bits per heavy atom. The number of hydrogen-bond acceptors (Lipinski definition) is 5. The lowest BCUT2D eigenvalue weighted by Gasteiger charge is -2.30. The first kappa shape index (κ1) is 20.4. The molecule has 0 spiro atoms. The van der Waals surface area contributed by atoms with Crippen molar-refractivity contribution in [1.29, 1.82) is 0 Å². The summed E-state index contributed by atoms with van der Waals surface area (Å²) in [7, 11) is -2.38. The van der Waals surface area contributed by atoms with Crippen LogP contribution in [0.25, 0.3) is 0 Å². The summed E-state index contributed by atoms with van der Waals surface area (Å²) in [5.41, 5.74) is 0.293. The van der Waals surface area contributed by atoms with Gasteiger partial charge in [0.25, 0.3) is 0 Å². The molecule has 0 amide bonds. The van der Waals surface area contributed by atoms with E-state index in [1.807, 2.05) is 6.92 Å². The van der Waals surface area contributed by atoms with Gasteiger partial charge < -0.3 is 10.1 Å². The highest BCUT2D eigenvalue weighted by atomic mass is 79.9. The molecule has 2 rings (SSSR count). The van der Waals surface area contributed by atoms with E-state index < -0.39 is 16.0 Å². The molecular weight excluding hydrogens is 408 g/mol. The third kappa shape index (κ3) is 4.90. The molecule has 0 aliphatic carbocycles. The van der Waals surface area contributed by atoms with E-state index in [9.17, 15) is 13.2 Å². The fraction of sp³-hybridized carbons (Fsp3) is 0.500. The highest BCUT2D eigenvalue weighted by Gasteiger charge is 2.28. The summed E-state index contributed by atoms with van der Waals surface area (Å²) in [5, 5.41) is 3.25. The van der Waals surface area contributed by atoms with E-state index in [0.29, 0.717) is 10.0 Å². The van der Waals surface area contributed by atoms with Gasteiger partial charge in [0.15, 0.2) is 0 Å². The molecule has 2 unspecified atom stereocenters. The molecule has 1 aromatic carbocycles. The van der Waals surface area contributed by atoms with Gasteiger partial charge in [-0.1, -0.05) is 0 Å². The van der Waals surface area contributed by atoms with Gasteiger partial charge in [0, 0.05) is 16.6 Å². The highest BCUT2D eigenvalue weighted by Crippen LogP contribution is 2.24. The largest absolute Gasteiger partial charge is 0.465 e. The molecule has 1 fully saturated rings. The Labute approximate surface area is 151 Å². The average Bonchev–Trinajstić information content (AvgIpc) is 2.48. The molecule has 0 radical (unpaired) electrons. The van der Waals surface area contributed by atoms with E-state index in [1.165, 1.54) is 25.3 Å². The number of benzene rings is 1. The number of halogens is 2. The summed E-state index contributed by atoms with van der Waals surface area (Å²) >= 11 is 3.22. The predicted molar refractivity (Wildman–Crippen MR) is 93.5 cm³/mol. The molecule has 1 heterocycles. The molecule has 130 valence electrons. The van der Waals surface area contributed by atoms with Gasteiger partial charge in [-0.05, 0) is 60.4 Å². The second-order valence-electron chi connectivity index (χ2n) is 5.25. The van der Waals surface area contributed by atoms with Gasteiger partial charge in [0.1, 0.15) is 0 Å². The molecule has 6 nitrogen and oxygen atoms in total. The van der Waals surface area contributed by atoms with Crippen molar-refractivity contribution in [2.45, 2.75) is 36.7 Å². The number of nitrogens with one attached hydrogen (secondary N) is 2. The van der Waals surface area contributed by atoms with Crippen molar-refractivity contribution in [3.05, 3.63) is 28.2 Å². The molecule has 1 aliphatic heterocycles. The lowest BCUT2D eigenvalue weighted by atomic mass is 10.0. The Morgan fingerprint density at radius 1 is 1.43 bits per heavy atom. The van der Waals surface area contributed by atoms with E-state index in [2.05, 4.69) is 30.7 Å². The normalized spacial score (nSPS) is 21.3. The summed E-state index contributed by atoms with van der Waals surface area (Å²) < 4.78 is 32.7. The quantitative estimate of drug-likeness (QED) is 0.719. The molecule has 9 heteroatoms. The van der Waals surface area contributed by atoms with Gasteiger partial charge in [0.2, 0.25) is 10.0 Å². The van der Waals surface area contributed by atoms with Gasteiger partial charge in [-0.15, -0.1) is 12.4 Å². The number of carbonyl (C=O) groups is 1. The Balaban J connectivity index is 0.00000264. The van der Waals surface area contributed by atoms with Crippen LogP contribution in [0.2, 0.25) is 0 Å². The summed E-state index contributed by atoms with van der Waals surface area (Å²) in [6.45, 7) is 2.86. The van der Waals surface area contributed by atoms with Crippen molar-refractivity contribution < 1.29 is 17.9 Å². The fourth-order valence-electron chi connectivity index (χ4n) is 2.43. The van der Waals surface area contributed by atoms with Gasteiger partial charge >= 0.3 is 5.97 Å². The maximum atomic E-state index is 12.5. The van der Waals surface area contributed by atoms with Crippen molar-refractivity contribution >= 4 is 44.3 Å². The van der Waals surface area contributed by atoms with Crippen LogP contribution < -0.4 is 10.0 Å². The van der Waals surface area contributed by atoms with Crippen molar-refractivity contribution in [2.75, 3.05) is 13.7 Å². The second-order valence-corrected chi connectivity index (χ2v) is 7.79. The second kappa shape index (κ2) is 8.43. The number of methoxy groups -OCH3 is 1. The molecule has 2 atom stereocenters. The number of carbonyl (C=O) groups excluding carboxylic acids is 1. The molecule has 1 aliphatic rings. The Hall–Kier alpha value is -0.670. The molecule has 2 N–H and O–H groups in total. The minimum atomic E-state index is -3.66. The van der Waals surface area contributed by atoms with Gasteiger partial charge in [-0.2, -0.15) is 0 Å². The summed E-state index contributed by atoms with van der Waals surface area (Å²) in [4.78, 5) is 11.6. The summed E-state index contributed by atoms with van der Waals surface area (Å²) in [6.07, 6.45) is 1.73. The fourth-order valence-corrected chi connectivity index (χ4v) is 4.86. The van der Waals surface area contributed by atoms with Crippen LogP contribution in [0.4, 0.5) is 0 Å². The number of sulfonamides is 1. The van der Waals surface area contributed by atoms with E-state index in [0.717, 1.165) is 19.4 Å². The lowest BCUT2D eigenvalue weighted by Crippen LogP contribution is -2.51. The Kier molecular flexibility index (Phi) is 7.47. The van der Waals surface area contributed by atoms with Crippen LogP contribution in [0.5, 0.6) is 0 Å². The summed E-state index contributed by atoms with van der Waals surface area (Å²) in [6, 6.07) is 4.22. The van der Waals surface area contributed by atoms with Gasteiger partial charge in [0.05, 0.1) is 17.6 Å². The number of ether oxygens (including phenoxy) is 1. The zero-order valence-corrected chi connectivity index (χ0v) is 16.1. The highest BCUT2D eigenvalue weighted by molar-refractivity contribution is 9.10. The minimum Gasteiger partial charge on any atom is -0.465 e. The molecule has 1 saturated heterocycles. The maximum Gasteiger partial charge on any atom is 0.337 e. The average molecular weight is 428 g/mol. The topological polar surface area (TPSA) is 84.5 Å². The van der Waals surface area contributed by atoms with Crippen LogP contribution in [0.15, 0.2) is 27.6 Å². The van der Waals surface area contributed by atoms with Crippen LogP contribution >= 0.6 is 28.3 Å².